The smallest absolute Gasteiger partial charge is 0.265 e. The Labute approximate surface area is 131 Å². The van der Waals surface area contributed by atoms with Crippen LogP contribution in [-0.2, 0) is 6.54 Å². The molecule has 0 atom stereocenters. The van der Waals surface area contributed by atoms with Crippen LogP contribution in [-0.4, -0.2) is 37.1 Å². The number of nitrogens with one attached hydrogen (secondary N) is 2. The third kappa shape index (κ3) is 3.34. The molecule has 0 unspecified atom stereocenters. The summed E-state index contributed by atoms with van der Waals surface area (Å²) in [5.41, 5.74) is 5.90. The second-order valence-corrected chi connectivity index (χ2v) is 6.72. The molecule has 3 rings (SSSR count). The molecule has 2 aromatic rings. The zero-order valence-corrected chi connectivity index (χ0v) is 13.1. The number of thiophene rings is 1. The molecule has 0 radical (unpaired) electrons. The molecule has 0 aromatic carbocycles. The first-order valence-electron chi connectivity index (χ1n) is 6.76. The van der Waals surface area contributed by atoms with Gasteiger partial charge >= 0.3 is 0 Å². The van der Waals surface area contributed by atoms with E-state index in [1.165, 1.54) is 11.3 Å². The Hall–Kier alpha value is -1.64. The van der Waals surface area contributed by atoms with Gasteiger partial charge in [0.2, 0.25) is 0 Å². The van der Waals surface area contributed by atoms with Crippen molar-refractivity contribution in [2.45, 2.75) is 6.54 Å². The van der Waals surface area contributed by atoms with Gasteiger partial charge in [0, 0.05) is 31.1 Å². The van der Waals surface area contributed by atoms with E-state index in [0.29, 0.717) is 17.2 Å². The molecule has 4 N–H and O–H groups in total. The molecule has 6 nitrogen and oxygen atoms in total. The molecule has 1 aliphatic heterocycles. The van der Waals surface area contributed by atoms with Crippen LogP contribution in [0.1, 0.15) is 14.5 Å². The lowest BCUT2D eigenvalue weighted by Gasteiger charge is -2.26. The standard InChI is InChI=1S/C13H17N5OS2/c14-11-10(12(19)16-8-9-2-1-7-20-9)21-13(17-11)18-5-3-15-4-6-18/h1-2,7,15H,3-6,8,14H2,(H,16,19). The largest absolute Gasteiger partial charge is 0.382 e. The van der Waals surface area contributed by atoms with Gasteiger partial charge in [0.1, 0.15) is 10.7 Å². The normalized spacial score (nSPS) is 15.1. The highest BCUT2D eigenvalue weighted by atomic mass is 32.1. The highest BCUT2D eigenvalue weighted by Crippen LogP contribution is 2.28. The summed E-state index contributed by atoms with van der Waals surface area (Å²) in [6, 6.07) is 3.96. The topological polar surface area (TPSA) is 83.3 Å². The first kappa shape index (κ1) is 14.3. The number of thiazole rings is 1. The number of anilines is 2. The predicted octanol–water partition coefficient (Wildman–Crippen LogP) is 1.13. The van der Waals surface area contributed by atoms with Gasteiger partial charge in [-0.2, -0.15) is 0 Å². The summed E-state index contributed by atoms with van der Waals surface area (Å²) in [5.74, 6) is 0.164. The van der Waals surface area contributed by atoms with E-state index < -0.39 is 0 Å². The molecule has 1 saturated heterocycles. The average Bonchev–Trinajstić information content (AvgIpc) is 3.15. The van der Waals surface area contributed by atoms with Gasteiger partial charge < -0.3 is 21.3 Å². The number of piperazine rings is 1. The molecule has 3 heterocycles. The van der Waals surface area contributed by atoms with Crippen LogP contribution in [0.4, 0.5) is 10.9 Å². The van der Waals surface area contributed by atoms with E-state index in [4.69, 9.17) is 5.73 Å². The Balaban J connectivity index is 1.66. The van der Waals surface area contributed by atoms with Gasteiger partial charge in [-0.05, 0) is 11.4 Å². The molecule has 0 aliphatic carbocycles. The van der Waals surface area contributed by atoms with Crippen molar-refractivity contribution in [2.75, 3.05) is 36.8 Å². The molecule has 2 aromatic heterocycles. The number of hydrogen-bond donors (Lipinski definition) is 3. The van der Waals surface area contributed by atoms with Gasteiger partial charge in [0.25, 0.3) is 5.91 Å². The van der Waals surface area contributed by atoms with E-state index in [2.05, 4.69) is 20.5 Å². The number of nitrogen functional groups attached to an aromatic ring is 1. The Morgan fingerprint density at radius 1 is 1.48 bits per heavy atom. The number of nitrogens with zero attached hydrogens (tertiary/aromatic N) is 2. The molecule has 1 amide bonds. The number of amides is 1. The minimum atomic E-state index is -0.153. The average molecular weight is 323 g/mol. The van der Waals surface area contributed by atoms with Crippen molar-refractivity contribution in [2.24, 2.45) is 0 Å². The van der Waals surface area contributed by atoms with E-state index >= 15 is 0 Å². The van der Waals surface area contributed by atoms with Crippen LogP contribution in [0, 0.1) is 0 Å². The zero-order valence-electron chi connectivity index (χ0n) is 11.5. The molecule has 0 saturated carbocycles. The summed E-state index contributed by atoms with van der Waals surface area (Å²) in [5, 5.41) is 9.00. The first-order valence-corrected chi connectivity index (χ1v) is 8.46. The Morgan fingerprint density at radius 3 is 3.00 bits per heavy atom. The predicted molar refractivity (Wildman–Crippen MR) is 87.1 cm³/mol. The van der Waals surface area contributed by atoms with E-state index in [1.54, 1.807) is 11.3 Å². The quantitative estimate of drug-likeness (QED) is 0.785. The zero-order chi connectivity index (χ0) is 14.7. The summed E-state index contributed by atoms with van der Waals surface area (Å²) < 4.78 is 0. The number of rotatable bonds is 4. The molecular formula is C13H17N5OS2. The third-order valence-corrected chi connectivity index (χ3v) is 5.25. The van der Waals surface area contributed by atoms with Gasteiger partial charge in [-0.1, -0.05) is 17.4 Å². The van der Waals surface area contributed by atoms with Crippen LogP contribution in [0.25, 0.3) is 0 Å². The van der Waals surface area contributed by atoms with Crippen LogP contribution < -0.4 is 21.3 Å². The minimum absolute atomic E-state index is 0.153. The molecule has 1 fully saturated rings. The maximum Gasteiger partial charge on any atom is 0.265 e. The molecule has 8 heteroatoms. The van der Waals surface area contributed by atoms with E-state index in [9.17, 15) is 4.79 Å². The molecule has 0 spiro atoms. The van der Waals surface area contributed by atoms with E-state index in [-0.39, 0.29) is 5.91 Å². The Morgan fingerprint density at radius 2 is 2.29 bits per heavy atom. The number of hydrogen-bond acceptors (Lipinski definition) is 7. The fourth-order valence-electron chi connectivity index (χ4n) is 2.14. The van der Waals surface area contributed by atoms with Gasteiger partial charge in [0.05, 0.1) is 6.54 Å². The summed E-state index contributed by atoms with van der Waals surface area (Å²) in [4.78, 5) is 20.3. The van der Waals surface area contributed by atoms with Gasteiger partial charge in [-0.15, -0.1) is 11.3 Å². The fourth-order valence-corrected chi connectivity index (χ4v) is 3.73. The second-order valence-electron chi connectivity index (χ2n) is 4.71. The molecular weight excluding hydrogens is 306 g/mol. The third-order valence-electron chi connectivity index (χ3n) is 3.24. The van der Waals surface area contributed by atoms with Crippen molar-refractivity contribution in [1.29, 1.82) is 0 Å². The Kier molecular flexibility index (Phi) is 4.37. The lowest BCUT2D eigenvalue weighted by atomic mass is 10.4. The molecule has 0 bridgehead atoms. The number of carbonyl (C=O) groups excluding carboxylic acids is 1. The second kappa shape index (κ2) is 6.42. The number of aromatic nitrogens is 1. The molecule has 112 valence electrons. The lowest BCUT2D eigenvalue weighted by molar-refractivity contribution is 0.0956. The van der Waals surface area contributed by atoms with Crippen molar-refractivity contribution < 1.29 is 4.79 Å². The van der Waals surface area contributed by atoms with Crippen LogP contribution in [0.5, 0.6) is 0 Å². The van der Waals surface area contributed by atoms with Crippen molar-refractivity contribution in [1.82, 2.24) is 15.6 Å². The van der Waals surface area contributed by atoms with Gasteiger partial charge in [-0.3, -0.25) is 4.79 Å². The van der Waals surface area contributed by atoms with Crippen molar-refractivity contribution in [3.05, 3.63) is 27.3 Å². The van der Waals surface area contributed by atoms with Crippen LogP contribution >= 0.6 is 22.7 Å². The monoisotopic (exact) mass is 323 g/mol. The maximum atomic E-state index is 12.2. The minimum Gasteiger partial charge on any atom is -0.382 e. The van der Waals surface area contributed by atoms with E-state index in [0.717, 1.165) is 36.2 Å². The molecule has 21 heavy (non-hydrogen) atoms. The summed E-state index contributed by atoms with van der Waals surface area (Å²) in [7, 11) is 0. The number of carbonyl (C=O) groups is 1. The van der Waals surface area contributed by atoms with Crippen LogP contribution in [0.3, 0.4) is 0 Å². The van der Waals surface area contributed by atoms with E-state index in [1.807, 2.05) is 17.5 Å². The summed E-state index contributed by atoms with van der Waals surface area (Å²) in [6.07, 6.45) is 0. The SMILES string of the molecule is Nc1nc(N2CCNCC2)sc1C(=O)NCc1cccs1. The van der Waals surface area contributed by atoms with Gasteiger partial charge in [0.15, 0.2) is 5.13 Å². The highest BCUT2D eigenvalue weighted by molar-refractivity contribution is 7.18. The fraction of sp³-hybridized carbons (Fsp3) is 0.385. The first-order chi connectivity index (χ1) is 10.2. The van der Waals surface area contributed by atoms with Crippen LogP contribution in [0.2, 0.25) is 0 Å². The summed E-state index contributed by atoms with van der Waals surface area (Å²) in [6.45, 7) is 4.17. The highest BCUT2D eigenvalue weighted by Gasteiger charge is 2.20. The van der Waals surface area contributed by atoms with Crippen molar-refractivity contribution in [3.8, 4) is 0 Å². The van der Waals surface area contributed by atoms with Gasteiger partial charge in [-0.25, -0.2) is 4.98 Å². The maximum absolute atomic E-state index is 12.2. The van der Waals surface area contributed by atoms with Crippen molar-refractivity contribution in [3.63, 3.8) is 0 Å². The summed E-state index contributed by atoms with van der Waals surface area (Å²) >= 11 is 2.98. The van der Waals surface area contributed by atoms with Crippen LogP contribution in [0.15, 0.2) is 17.5 Å². The Bertz CT molecular complexity index is 604. The lowest BCUT2D eigenvalue weighted by Crippen LogP contribution is -2.43. The molecule has 1 aliphatic rings. The number of nitrogens with two attached hydrogens (primary N) is 1. The van der Waals surface area contributed by atoms with Crippen molar-refractivity contribution >= 4 is 39.5 Å².